The number of nitro groups is 1. The van der Waals surface area contributed by atoms with E-state index in [0.717, 1.165) is 16.0 Å². The molecule has 1 aliphatic rings. The van der Waals surface area contributed by atoms with E-state index in [1.54, 1.807) is 6.08 Å². The molecule has 4 nitrogen and oxygen atoms in total. The molecule has 1 aromatic rings. The number of nitrogens with zero attached hydrogens (tertiary/aromatic N) is 1. The molecular formula is C13H13NO3S. The highest BCUT2D eigenvalue weighted by molar-refractivity contribution is 7.85. The average Bonchev–Trinajstić information content (AvgIpc) is 2.40. The van der Waals surface area contributed by atoms with E-state index in [1.807, 2.05) is 30.3 Å². The van der Waals surface area contributed by atoms with Crippen LogP contribution in [0.2, 0.25) is 0 Å². The second-order valence-corrected chi connectivity index (χ2v) is 4.53. The molecular weight excluding hydrogens is 250 g/mol. The number of rotatable bonds is 3. The van der Waals surface area contributed by atoms with E-state index in [1.165, 1.54) is 13.2 Å². The van der Waals surface area contributed by atoms with Crippen molar-refractivity contribution in [1.29, 1.82) is 0 Å². The number of hydrogen-bond donors (Lipinski definition) is 1. The molecule has 0 amide bonds. The molecule has 1 aliphatic carbocycles. The van der Waals surface area contributed by atoms with Crippen LogP contribution in [0.25, 0.3) is 5.57 Å². The van der Waals surface area contributed by atoms with Gasteiger partial charge in [0.05, 0.1) is 11.3 Å². The molecule has 1 unspecified atom stereocenters. The number of ether oxygens (including phenoxy) is 1. The molecule has 0 fully saturated rings. The summed E-state index contributed by atoms with van der Waals surface area (Å²) in [6.07, 6.45) is 3.25. The van der Waals surface area contributed by atoms with E-state index in [9.17, 15) is 10.1 Å². The molecule has 0 heterocycles. The van der Waals surface area contributed by atoms with Crippen molar-refractivity contribution in [2.45, 2.75) is 12.1 Å². The van der Waals surface area contributed by atoms with Crippen LogP contribution in [-0.2, 0) is 4.74 Å². The molecule has 0 spiro atoms. The Labute approximate surface area is 111 Å². The Morgan fingerprint density at radius 3 is 2.61 bits per heavy atom. The Morgan fingerprint density at radius 1 is 1.39 bits per heavy atom. The number of benzene rings is 1. The van der Waals surface area contributed by atoms with Gasteiger partial charge < -0.3 is 4.74 Å². The normalized spacial score (nSPS) is 23.2. The summed E-state index contributed by atoms with van der Waals surface area (Å²) in [5.41, 5.74) is 0.257. The van der Waals surface area contributed by atoms with Crippen LogP contribution in [0.15, 0.2) is 47.4 Å². The van der Waals surface area contributed by atoms with E-state index in [2.05, 4.69) is 12.6 Å². The zero-order chi connectivity index (χ0) is 13.2. The standard InChI is InChI=1S/C13H13NO3S/c1-17-13(14(15)16)8-7-12(18)11(9-13)10-5-3-2-4-6-10/h2-8,18H,9H2,1H3. The minimum absolute atomic E-state index is 0.176. The zero-order valence-corrected chi connectivity index (χ0v) is 10.8. The molecule has 0 aliphatic heterocycles. The predicted octanol–water partition coefficient (Wildman–Crippen LogP) is 2.91. The highest BCUT2D eigenvalue weighted by atomic mass is 32.1. The van der Waals surface area contributed by atoms with Crippen molar-refractivity contribution in [3.8, 4) is 0 Å². The molecule has 0 N–H and O–H groups in total. The first-order valence-corrected chi connectivity index (χ1v) is 5.90. The first kappa shape index (κ1) is 12.9. The van der Waals surface area contributed by atoms with Crippen molar-refractivity contribution in [3.05, 3.63) is 63.1 Å². The molecule has 94 valence electrons. The van der Waals surface area contributed by atoms with E-state index in [4.69, 9.17) is 4.74 Å². The van der Waals surface area contributed by atoms with Gasteiger partial charge in [0, 0.05) is 18.1 Å². The first-order chi connectivity index (χ1) is 8.59. The van der Waals surface area contributed by atoms with Gasteiger partial charge >= 0.3 is 5.72 Å². The van der Waals surface area contributed by atoms with Crippen LogP contribution >= 0.6 is 12.6 Å². The van der Waals surface area contributed by atoms with Crippen LogP contribution in [0.3, 0.4) is 0 Å². The van der Waals surface area contributed by atoms with Crippen LogP contribution in [0, 0.1) is 10.1 Å². The Kier molecular flexibility index (Phi) is 3.54. The lowest BCUT2D eigenvalue weighted by Crippen LogP contribution is -2.39. The van der Waals surface area contributed by atoms with Gasteiger partial charge in [0.15, 0.2) is 0 Å². The highest BCUT2D eigenvalue weighted by Crippen LogP contribution is 2.37. The maximum Gasteiger partial charge on any atom is 0.348 e. The summed E-state index contributed by atoms with van der Waals surface area (Å²) in [6, 6.07) is 9.50. The fourth-order valence-corrected chi connectivity index (χ4v) is 2.22. The summed E-state index contributed by atoms with van der Waals surface area (Å²) in [5.74, 6) is 0. The van der Waals surface area contributed by atoms with Crippen molar-refractivity contribution >= 4 is 18.2 Å². The molecule has 1 atom stereocenters. The van der Waals surface area contributed by atoms with Gasteiger partial charge in [-0.2, -0.15) is 0 Å². The van der Waals surface area contributed by atoms with Gasteiger partial charge in [0.25, 0.3) is 0 Å². The number of allylic oxidation sites excluding steroid dienone is 1. The molecule has 18 heavy (non-hydrogen) atoms. The SMILES string of the molecule is COC1([N+](=O)[O-])C=CC(S)=C(c2ccccc2)C1. The number of hydrogen-bond acceptors (Lipinski definition) is 4. The first-order valence-electron chi connectivity index (χ1n) is 5.45. The molecule has 0 aromatic heterocycles. The third-order valence-electron chi connectivity index (χ3n) is 3.03. The van der Waals surface area contributed by atoms with E-state index in [0.29, 0.717) is 0 Å². The molecule has 5 heteroatoms. The highest BCUT2D eigenvalue weighted by Gasteiger charge is 2.43. The molecule has 0 saturated carbocycles. The quantitative estimate of drug-likeness (QED) is 0.395. The van der Waals surface area contributed by atoms with Gasteiger partial charge in [-0.15, -0.1) is 12.6 Å². The van der Waals surface area contributed by atoms with Crippen molar-refractivity contribution in [2.75, 3.05) is 7.11 Å². The third-order valence-corrected chi connectivity index (χ3v) is 3.44. The van der Waals surface area contributed by atoms with E-state index >= 15 is 0 Å². The topological polar surface area (TPSA) is 52.4 Å². The Balaban J connectivity index is 2.43. The van der Waals surface area contributed by atoms with Crippen LogP contribution in [-0.4, -0.2) is 17.8 Å². The fraction of sp³-hybridized carbons (Fsp3) is 0.231. The summed E-state index contributed by atoms with van der Waals surface area (Å²) < 4.78 is 5.09. The van der Waals surface area contributed by atoms with Crippen LogP contribution < -0.4 is 0 Å². The Hall–Kier alpha value is -1.59. The van der Waals surface area contributed by atoms with Gasteiger partial charge in [0.1, 0.15) is 0 Å². The van der Waals surface area contributed by atoms with Gasteiger partial charge in [-0.25, -0.2) is 0 Å². The van der Waals surface area contributed by atoms with Crippen molar-refractivity contribution in [1.82, 2.24) is 0 Å². The summed E-state index contributed by atoms with van der Waals surface area (Å²) in [5, 5.41) is 11.2. The predicted molar refractivity (Wildman–Crippen MR) is 72.8 cm³/mol. The van der Waals surface area contributed by atoms with Crippen molar-refractivity contribution in [3.63, 3.8) is 0 Å². The molecule has 2 rings (SSSR count). The molecule has 0 saturated heterocycles. The lowest BCUT2D eigenvalue weighted by atomic mass is 9.92. The summed E-state index contributed by atoms with van der Waals surface area (Å²) >= 11 is 4.37. The Bertz CT molecular complexity index is 524. The van der Waals surface area contributed by atoms with Crippen LogP contribution in [0.4, 0.5) is 0 Å². The van der Waals surface area contributed by atoms with Crippen molar-refractivity contribution in [2.24, 2.45) is 0 Å². The Morgan fingerprint density at radius 2 is 2.06 bits per heavy atom. The third kappa shape index (κ3) is 2.19. The summed E-state index contributed by atoms with van der Waals surface area (Å²) in [7, 11) is 1.35. The maximum absolute atomic E-state index is 11.2. The zero-order valence-electron chi connectivity index (χ0n) is 9.87. The summed E-state index contributed by atoms with van der Waals surface area (Å²) in [4.78, 5) is 11.5. The lowest BCUT2D eigenvalue weighted by molar-refractivity contribution is -0.609. The molecule has 0 radical (unpaired) electrons. The number of methoxy groups -OCH3 is 1. The summed E-state index contributed by atoms with van der Waals surface area (Å²) in [6.45, 7) is 0. The van der Waals surface area contributed by atoms with Crippen LogP contribution in [0.1, 0.15) is 12.0 Å². The van der Waals surface area contributed by atoms with Gasteiger partial charge in [0.2, 0.25) is 0 Å². The van der Waals surface area contributed by atoms with Gasteiger partial charge in [-0.1, -0.05) is 30.3 Å². The average molecular weight is 263 g/mol. The number of thiol groups is 1. The second kappa shape index (κ2) is 4.96. The van der Waals surface area contributed by atoms with Gasteiger partial charge in [-0.3, -0.25) is 10.1 Å². The van der Waals surface area contributed by atoms with Crippen molar-refractivity contribution < 1.29 is 9.66 Å². The smallest absolute Gasteiger partial charge is 0.315 e. The lowest BCUT2D eigenvalue weighted by Gasteiger charge is -2.25. The van der Waals surface area contributed by atoms with E-state index in [-0.39, 0.29) is 6.42 Å². The van der Waals surface area contributed by atoms with E-state index < -0.39 is 10.6 Å². The minimum Gasteiger partial charge on any atom is -0.315 e. The second-order valence-electron chi connectivity index (χ2n) is 4.05. The van der Waals surface area contributed by atoms with Crippen LogP contribution in [0.5, 0.6) is 0 Å². The minimum atomic E-state index is -1.49. The monoisotopic (exact) mass is 263 g/mol. The van der Waals surface area contributed by atoms with Gasteiger partial charge in [-0.05, 0) is 17.2 Å². The molecule has 1 aromatic carbocycles. The molecule has 0 bridgehead atoms. The fourth-order valence-electron chi connectivity index (χ4n) is 1.94. The maximum atomic E-state index is 11.2. The largest absolute Gasteiger partial charge is 0.348 e.